The molecule has 0 amide bonds. The topological polar surface area (TPSA) is 72.1 Å². The molecule has 0 aliphatic heterocycles. The lowest BCUT2D eigenvalue weighted by molar-refractivity contribution is 0.306. The van der Waals surface area contributed by atoms with Crippen LogP contribution in [0, 0.1) is 5.82 Å². The van der Waals surface area contributed by atoms with Gasteiger partial charge in [-0.2, -0.15) is 0 Å². The van der Waals surface area contributed by atoms with Crippen molar-refractivity contribution in [2.75, 3.05) is 40.2 Å². The van der Waals surface area contributed by atoms with Crippen molar-refractivity contribution in [3.8, 4) is 11.5 Å². The fourth-order valence-electron chi connectivity index (χ4n) is 2.54. The number of benzene rings is 2. The lowest BCUT2D eigenvalue weighted by atomic mass is 10.1. The van der Waals surface area contributed by atoms with E-state index in [1.54, 1.807) is 38.5 Å². The number of likely N-dealkylation sites (N-methyl/N-ethyl adjacent to an activating group) is 1. The fraction of sp³-hybridized carbons (Fsp3) is 0.316. The molecule has 2 aromatic rings. The summed E-state index contributed by atoms with van der Waals surface area (Å²) in [4.78, 5) is 6.43. The highest BCUT2D eigenvalue weighted by Gasteiger charge is 2.14. The molecule has 2 rings (SSSR count). The first-order valence-electron chi connectivity index (χ1n) is 8.15. The van der Waals surface area contributed by atoms with Crippen molar-refractivity contribution in [1.82, 2.24) is 4.90 Å². The van der Waals surface area contributed by atoms with Crippen molar-refractivity contribution in [3.63, 3.8) is 0 Å². The Morgan fingerprint density at radius 1 is 1.12 bits per heavy atom. The summed E-state index contributed by atoms with van der Waals surface area (Å²) >= 11 is 0. The maximum atomic E-state index is 13.1. The van der Waals surface area contributed by atoms with Crippen LogP contribution in [0.4, 0.5) is 10.1 Å². The Bertz CT molecular complexity index is 748. The molecule has 0 aliphatic rings. The van der Waals surface area contributed by atoms with E-state index in [-0.39, 0.29) is 17.8 Å². The third kappa shape index (κ3) is 5.10. The van der Waals surface area contributed by atoms with Gasteiger partial charge in [0.05, 0.1) is 26.8 Å². The van der Waals surface area contributed by atoms with Crippen LogP contribution in [0.25, 0.3) is 0 Å². The van der Waals surface area contributed by atoms with Gasteiger partial charge < -0.3 is 25.4 Å². The molecule has 0 spiro atoms. The molecule has 1 atom stereocenters. The van der Waals surface area contributed by atoms with E-state index >= 15 is 0 Å². The lowest BCUT2D eigenvalue weighted by Crippen LogP contribution is -2.27. The highest BCUT2D eigenvalue weighted by molar-refractivity contribution is 5.92. The van der Waals surface area contributed by atoms with Gasteiger partial charge >= 0.3 is 0 Å². The first-order chi connectivity index (χ1) is 12.4. The standard InChI is InChI=1S/C19H25FN4O2/c1-24(2)16(13-5-7-14(20)8-6-13)12-22-19(21)23-15-9-10-17(25-3)18(11-15)26-4/h5-11,16H,12H2,1-4H3,(H3,21,22,23). The molecule has 0 saturated carbocycles. The Kier molecular flexibility index (Phi) is 6.80. The number of aliphatic imine (C=N–C) groups is 1. The molecule has 0 radical (unpaired) electrons. The molecule has 0 fully saturated rings. The van der Waals surface area contributed by atoms with Crippen molar-refractivity contribution >= 4 is 11.6 Å². The molecule has 0 bridgehead atoms. The number of halogens is 1. The highest BCUT2D eigenvalue weighted by atomic mass is 19.1. The van der Waals surface area contributed by atoms with Gasteiger partial charge in [0.2, 0.25) is 0 Å². The number of rotatable bonds is 7. The largest absolute Gasteiger partial charge is 0.493 e. The molecular formula is C19H25FN4O2. The summed E-state index contributed by atoms with van der Waals surface area (Å²) in [6, 6.07) is 11.8. The van der Waals surface area contributed by atoms with Crippen LogP contribution in [-0.4, -0.2) is 45.7 Å². The van der Waals surface area contributed by atoms with Crippen LogP contribution in [0.15, 0.2) is 47.5 Å². The van der Waals surface area contributed by atoms with Crippen molar-refractivity contribution in [2.45, 2.75) is 6.04 Å². The van der Waals surface area contributed by atoms with Gasteiger partial charge in [-0.1, -0.05) is 12.1 Å². The van der Waals surface area contributed by atoms with E-state index in [2.05, 4.69) is 10.3 Å². The average molecular weight is 360 g/mol. The van der Waals surface area contributed by atoms with E-state index in [9.17, 15) is 4.39 Å². The van der Waals surface area contributed by atoms with Crippen LogP contribution in [0.1, 0.15) is 11.6 Å². The van der Waals surface area contributed by atoms with Gasteiger partial charge in [-0.05, 0) is 43.9 Å². The zero-order valence-electron chi connectivity index (χ0n) is 15.5. The SMILES string of the molecule is COc1ccc(NC(N)=NCC(c2ccc(F)cc2)N(C)C)cc1OC. The van der Waals surface area contributed by atoms with E-state index < -0.39 is 0 Å². The maximum Gasteiger partial charge on any atom is 0.193 e. The molecule has 140 valence electrons. The van der Waals surface area contributed by atoms with E-state index in [0.29, 0.717) is 18.0 Å². The highest BCUT2D eigenvalue weighted by Crippen LogP contribution is 2.29. The Balaban J connectivity index is 2.09. The molecule has 0 aromatic heterocycles. The van der Waals surface area contributed by atoms with Crippen LogP contribution in [0.5, 0.6) is 11.5 Å². The van der Waals surface area contributed by atoms with Crippen molar-refractivity contribution in [2.24, 2.45) is 10.7 Å². The molecule has 0 saturated heterocycles. The number of methoxy groups -OCH3 is 2. The summed E-state index contributed by atoms with van der Waals surface area (Å²) in [6.45, 7) is 0.435. The lowest BCUT2D eigenvalue weighted by Gasteiger charge is -2.23. The minimum Gasteiger partial charge on any atom is -0.493 e. The normalized spacial score (nSPS) is 12.8. The molecule has 2 aromatic carbocycles. The molecule has 0 heterocycles. The number of hydrogen-bond acceptors (Lipinski definition) is 4. The summed E-state index contributed by atoms with van der Waals surface area (Å²) < 4.78 is 23.6. The third-order valence-corrected chi connectivity index (χ3v) is 3.97. The zero-order chi connectivity index (χ0) is 19.1. The number of nitrogens with two attached hydrogens (primary N) is 1. The predicted molar refractivity (Wildman–Crippen MR) is 102 cm³/mol. The summed E-state index contributed by atoms with van der Waals surface area (Å²) in [5.41, 5.74) is 7.72. The molecule has 7 heteroatoms. The number of nitrogens with one attached hydrogen (secondary N) is 1. The van der Waals surface area contributed by atoms with Gasteiger partial charge in [-0.3, -0.25) is 4.99 Å². The molecule has 26 heavy (non-hydrogen) atoms. The van der Waals surface area contributed by atoms with Gasteiger partial charge in [-0.25, -0.2) is 4.39 Å². The molecule has 0 aliphatic carbocycles. The van der Waals surface area contributed by atoms with Crippen LogP contribution in [0.2, 0.25) is 0 Å². The summed E-state index contributed by atoms with van der Waals surface area (Å²) in [6.07, 6.45) is 0. The Morgan fingerprint density at radius 3 is 2.35 bits per heavy atom. The van der Waals surface area contributed by atoms with Gasteiger partial charge in [0, 0.05) is 11.8 Å². The van der Waals surface area contributed by atoms with Crippen molar-refractivity contribution in [1.29, 1.82) is 0 Å². The minimum atomic E-state index is -0.260. The van der Waals surface area contributed by atoms with E-state index in [0.717, 1.165) is 11.3 Å². The van der Waals surface area contributed by atoms with E-state index in [1.165, 1.54) is 12.1 Å². The molecule has 3 N–H and O–H groups in total. The van der Waals surface area contributed by atoms with Crippen molar-refractivity contribution < 1.29 is 13.9 Å². The number of guanidine groups is 1. The molecule has 1 unspecified atom stereocenters. The first kappa shape index (κ1) is 19.5. The monoisotopic (exact) mass is 360 g/mol. The first-order valence-corrected chi connectivity index (χ1v) is 8.15. The van der Waals surface area contributed by atoms with Gasteiger partial charge in [-0.15, -0.1) is 0 Å². The van der Waals surface area contributed by atoms with E-state index in [1.807, 2.05) is 25.1 Å². The van der Waals surface area contributed by atoms with Crippen LogP contribution in [-0.2, 0) is 0 Å². The number of hydrogen-bond donors (Lipinski definition) is 2. The van der Waals surface area contributed by atoms with Crippen LogP contribution < -0.4 is 20.5 Å². The van der Waals surface area contributed by atoms with E-state index in [4.69, 9.17) is 15.2 Å². The number of nitrogens with zero attached hydrogens (tertiary/aromatic N) is 2. The maximum absolute atomic E-state index is 13.1. The summed E-state index contributed by atoms with van der Waals surface area (Å²) in [5, 5.41) is 3.04. The second-order valence-electron chi connectivity index (χ2n) is 5.95. The Labute approximate surface area is 153 Å². The molecule has 6 nitrogen and oxygen atoms in total. The smallest absolute Gasteiger partial charge is 0.193 e. The van der Waals surface area contributed by atoms with Gasteiger partial charge in [0.15, 0.2) is 17.5 Å². The third-order valence-electron chi connectivity index (χ3n) is 3.97. The molecular weight excluding hydrogens is 335 g/mol. The quantitative estimate of drug-likeness (QED) is 0.587. The Hall–Kier alpha value is -2.80. The summed E-state index contributed by atoms with van der Waals surface area (Å²) in [7, 11) is 7.05. The fourth-order valence-corrected chi connectivity index (χ4v) is 2.54. The van der Waals surface area contributed by atoms with Crippen molar-refractivity contribution in [3.05, 3.63) is 53.8 Å². The zero-order valence-corrected chi connectivity index (χ0v) is 15.5. The average Bonchev–Trinajstić information content (AvgIpc) is 2.63. The van der Waals surface area contributed by atoms with Gasteiger partial charge in [0.1, 0.15) is 5.82 Å². The Morgan fingerprint density at radius 2 is 1.77 bits per heavy atom. The minimum absolute atomic E-state index is 0.0126. The van der Waals surface area contributed by atoms with Crippen LogP contribution in [0.3, 0.4) is 0 Å². The second-order valence-corrected chi connectivity index (χ2v) is 5.95. The van der Waals surface area contributed by atoms with Crippen LogP contribution >= 0.6 is 0 Å². The predicted octanol–water partition coefficient (Wildman–Crippen LogP) is 2.87. The van der Waals surface area contributed by atoms with Gasteiger partial charge in [0.25, 0.3) is 0 Å². The second kappa shape index (κ2) is 9.05. The summed E-state index contributed by atoms with van der Waals surface area (Å²) in [5.74, 6) is 1.26. The number of anilines is 1. The number of ether oxygens (including phenoxy) is 2.